The summed E-state index contributed by atoms with van der Waals surface area (Å²) in [5, 5.41) is 69.4. The van der Waals surface area contributed by atoms with Crippen LogP contribution in [0.15, 0.2) is 58.5 Å². The van der Waals surface area contributed by atoms with E-state index >= 15 is 0 Å². The number of aromatic hydroxyl groups is 2. The zero-order valence-electron chi connectivity index (χ0n) is 60.1. The molecule has 108 heavy (non-hydrogen) atoms. The topological polar surface area (TPSA) is 749 Å². The molecule has 0 bridgehead atoms. The lowest BCUT2D eigenvalue weighted by Crippen LogP contribution is -2.63. The predicted molar refractivity (Wildman–Crippen MR) is 401 cm³/mol. The summed E-state index contributed by atoms with van der Waals surface area (Å²) in [5.74, 6) is -15.3. The number of nitrogens with two attached hydrogens (primary N) is 10. The number of carbonyl (C=O) groups is 14. The van der Waals surface area contributed by atoms with Crippen molar-refractivity contribution in [1.82, 2.24) is 63.8 Å². The van der Waals surface area contributed by atoms with Crippen LogP contribution in [0.2, 0.25) is 0 Å². The average Bonchev–Trinajstić information content (AvgIpc) is 0.835. The number of nitrogens with zero attached hydrogens (tertiary/aromatic N) is 2. The summed E-state index contributed by atoms with van der Waals surface area (Å²) < 4.78 is -1.37. The van der Waals surface area contributed by atoms with Gasteiger partial charge in [-0.25, -0.2) is 9.59 Å². The fourth-order valence-corrected chi connectivity index (χ4v) is 10.6. The molecule has 42 nitrogen and oxygen atoms in total. The quantitative estimate of drug-likeness (QED) is 0.0127. The minimum atomic E-state index is -1.94. The Morgan fingerprint density at radius 1 is 0.454 bits per heavy atom. The molecule has 0 saturated heterocycles. The summed E-state index contributed by atoms with van der Waals surface area (Å²) in [5.41, 5.74) is 57.4. The molecule has 602 valence electrons. The van der Waals surface area contributed by atoms with Gasteiger partial charge in [-0.2, -0.15) is 25.3 Å². The predicted octanol–water partition coefficient (Wildman–Crippen LogP) is -9.88. The number of phenols is 2. The minimum absolute atomic E-state index is 0.0197. The Morgan fingerprint density at radius 2 is 0.796 bits per heavy atom. The van der Waals surface area contributed by atoms with Gasteiger partial charge in [0.2, 0.25) is 70.9 Å². The van der Waals surface area contributed by atoms with Crippen LogP contribution in [0.5, 0.6) is 11.5 Å². The Labute approximate surface area is 633 Å². The van der Waals surface area contributed by atoms with E-state index in [0.717, 1.165) is 6.92 Å². The number of nitrogens with one attached hydrogen (secondary N) is 12. The molecule has 0 aromatic heterocycles. The maximum absolute atomic E-state index is 14.3. The number of rotatable bonds is 50. The number of hydrogen-bond acceptors (Lipinski definition) is 25. The number of amides is 14. The number of urea groups is 1. The zero-order valence-corrected chi connectivity index (χ0v) is 61.9. The van der Waals surface area contributed by atoms with E-state index in [1.165, 1.54) is 62.4 Å². The van der Waals surface area contributed by atoms with Crippen LogP contribution in [-0.4, -0.2) is 244 Å². The van der Waals surface area contributed by atoms with E-state index < -0.39 is 178 Å². The summed E-state index contributed by atoms with van der Waals surface area (Å²) in [6.07, 6.45) is -4.64. The second kappa shape index (κ2) is 47.9. The fraction of sp³-hybridized carbons (Fsp3) is 0.562. The van der Waals surface area contributed by atoms with Gasteiger partial charge in [-0.1, -0.05) is 24.3 Å². The number of carbonyl (C=O) groups excluding carboxylic acids is 13. The molecule has 44 heteroatoms. The van der Waals surface area contributed by atoms with Crippen molar-refractivity contribution in [2.75, 3.05) is 45.0 Å². The van der Waals surface area contributed by atoms with E-state index in [9.17, 15) is 87.5 Å². The Morgan fingerprint density at radius 3 is 1.16 bits per heavy atom. The highest BCUT2D eigenvalue weighted by Gasteiger charge is 2.40. The second-order valence-corrected chi connectivity index (χ2v) is 27.0. The van der Waals surface area contributed by atoms with Crippen molar-refractivity contribution in [3.63, 3.8) is 0 Å². The van der Waals surface area contributed by atoms with E-state index in [0.29, 0.717) is 11.1 Å². The summed E-state index contributed by atoms with van der Waals surface area (Å²) in [6, 6.07) is -8.79. The average molecular weight is 1560 g/mol. The molecule has 2 aromatic rings. The molecule has 2 rings (SSSR count). The summed E-state index contributed by atoms with van der Waals surface area (Å²) in [7, 11) is 0. The van der Waals surface area contributed by atoms with E-state index in [-0.39, 0.29) is 133 Å². The molecule has 36 N–H and O–H groups in total. The van der Waals surface area contributed by atoms with E-state index in [2.05, 4.69) is 99.0 Å². The molecule has 13 atom stereocenters. The molecule has 0 spiro atoms. The van der Waals surface area contributed by atoms with Crippen LogP contribution in [0.4, 0.5) is 4.79 Å². The Kier molecular flexibility index (Phi) is 41.5. The SMILES string of the molecule is C[C@@H](O)[C@H](NC(=O)[C@H](CCN)NC(=O)[C@H](CCCN=C(N)N)NC(=O)[C@H](CC(N)=O)NC(=O)[C@@H](NC(=O)[C@@H](N)Cc1ccc(O)cc1)C(C)(C)S)C(=O)N[C@H](CCN)C(=O)N[C@@H](CCCNC(N)=O)C(=O)N[C@@H](CS)C(=O)N[C@@H](CCN)C(=O)N[C@@H](CCCN=C(N)N)C(=O)N[C@@H](Cc1ccc(O)cc1)C(=O)O. The van der Waals surface area contributed by atoms with Crippen LogP contribution in [0.25, 0.3) is 0 Å². The first-order valence-electron chi connectivity index (χ1n) is 34.2. The van der Waals surface area contributed by atoms with Gasteiger partial charge in [0.25, 0.3) is 0 Å². The number of aliphatic hydroxyl groups excluding tert-OH is 1. The van der Waals surface area contributed by atoms with Crippen LogP contribution >= 0.6 is 25.3 Å². The van der Waals surface area contributed by atoms with Gasteiger partial charge in [0, 0.05) is 36.6 Å². The third-order valence-corrected chi connectivity index (χ3v) is 16.5. The van der Waals surface area contributed by atoms with Crippen LogP contribution in [0.3, 0.4) is 0 Å². The number of phenolic OH excluding ortho intramolecular Hbond substituents is 2. The lowest BCUT2D eigenvalue weighted by molar-refractivity contribution is -0.142. The summed E-state index contributed by atoms with van der Waals surface area (Å²) in [6.45, 7) is 2.86. The lowest BCUT2D eigenvalue weighted by Gasteiger charge is -2.32. The number of thiol groups is 2. The maximum Gasteiger partial charge on any atom is 0.326 e. The van der Waals surface area contributed by atoms with Crippen molar-refractivity contribution in [1.29, 1.82) is 0 Å². The zero-order chi connectivity index (χ0) is 81.5. The van der Waals surface area contributed by atoms with Crippen molar-refractivity contribution in [3.8, 4) is 11.5 Å². The van der Waals surface area contributed by atoms with Gasteiger partial charge in [-0.15, -0.1) is 0 Å². The van der Waals surface area contributed by atoms with Crippen molar-refractivity contribution in [3.05, 3.63) is 59.7 Å². The molecule has 14 amide bonds. The standard InChI is InChI=1S/C64H106N24O18S2/c1-31(89)47(87-55(99)42(20-23-67)81-50(94)37(7-4-24-75-61(70)71)80-56(100)43(29-46(69)92)84-59(103)48(64(2,3)108)88-49(93)36(68)27-32-10-14-34(90)15-11-32)58(102)83-41(19-22-66)54(98)79-39(9-6-26-77-63(74)106)52(96)86-45(30-107)57(101)82-40(18-21-65)53(97)78-38(8-5-25-76-62(72)73)51(95)85-44(60(104)105)28-33-12-16-35(91)17-13-33/h10-17,31,36-45,47-48,89-91,107-108H,4-9,18-30,65-68H2,1-3H3,(H2,69,92)(H,78,97)(H,79,98)(H,80,100)(H,81,94)(H,82,101)(H,83,102)(H,84,103)(H,85,95)(H,86,96)(H,87,99)(H,88,93)(H,104,105)(H4,70,71,75)(H4,72,73,76)(H3,74,77,106)/t31-,36+,37+,38+,39+,40+,41-,42+,43+,44+,45+,47+,48-/m1/s1. The third-order valence-electron chi connectivity index (χ3n) is 15.9. The van der Waals surface area contributed by atoms with Crippen molar-refractivity contribution >= 4 is 120 Å². The smallest absolute Gasteiger partial charge is 0.326 e. The van der Waals surface area contributed by atoms with Crippen LogP contribution in [0.1, 0.15) is 96.1 Å². The van der Waals surface area contributed by atoms with Gasteiger partial charge >= 0.3 is 12.0 Å². The molecule has 0 aliphatic rings. The summed E-state index contributed by atoms with van der Waals surface area (Å²) >= 11 is 8.72. The molecular formula is C64H106N24O18S2. The van der Waals surface area contributed by atoms with Gasteiger partial charge < -0.3 is 142 Å². The highest BCUT2D eigenvalue weighted by atomic mass is 32.1. The number of hydrogen-bond donors (Lipinski definition) is 28. The molecule has 2 aromatic carbocycles. The summed E-state index contributed by atoms with van der Waals surface area (Å²) in [4.78, 5) is 199. The van der Waals surface area contributed by atoms with Crippen molar-refractivity contribution < 1.29 is 87.5 Å². The Hall–Kier alpha value is -10.5. The molecule has 0 aliphatic carbocycles. The van der Waals surface area contributed by atoms with Crippen LogP contribution in [-0.2, 0) is 75.2 Å². The van der Waals surface area contributed by atoms with E-state index in [4.69, 9.17) is 57.3 Å². The normalized spacial score (nSPS) is 14.7. The fourth-order valence-electron chi connectivity index (χ4n) is 10.2. The van der Waals surface area contributed by atoms with Gasteiger partial charge in [0.15, 0.2) is 11.9 Å². The van der Waals surface area contributed by atoms with Gasteiger partial charge in [-0.05, 0) is 140 Å². The molecule has 0 saturated carbocycles. The van der Waals surface area contributed by atoms with E-state index in [1.807, 2.05) is 0 Å². The Balaban J connectivity index is 2.43. The van der Waals surface area contributed by atoms with Gasteiger partial charge in [0.05, 0.1) is 18.6 Å². The first-order chi connectivity index (χ1) is 50.7. The molecule has 0 heterocycles. The number of primary amides is 2. The number of carboxylic acid groups (broad SMARTS) is 1. The van der Waals surface area contributed by atoms with Gasteiger partial charge in [0.1, 0.15) is 78.0 Å². The van der Waals surface area contributed by atoms with Crippen molar-refractivity contribution in [2.24, 2.45) is 67.3 Å². The number of benzene rings is 2. The largest absolute Gasteiger partial charge is 0.508 e. The number of aliphatic imine (C=N–C) groups is 2. The lowest BCUT2D eigenvalue weighted by atomic mass is 9.99. The number of aliphatic carboxylic acids is 1. The third kappa shape index (κ3) is 35.2. The first-order valence-corrected chi connectivity index (χ1v) is 35.3. The minimum Gasteiger partial charge on any atom is -0.508 e. The van der Waals surface area contributed by atoms with Crippen molar-refractivity contribution in [2.45, 2.75) is 181 Å². The first kappa shape index (κ1) is 93.5. The number of aliphatic hydroxyl groups is 1. The second-order valence-electron chi connectivity index (χ2n) is 25.5. The number of guanidine groups is 2. The molecule has 0 unspecified atom stereocenters. The van der Waals surface area contributed by atoms with E-state index in [1.54, 1.807) is 0 Å². The highest BCUT2D eigenvalue weighted by Crippen LogP contribution is 2.20. The number of carboxylic acids is 1. The molecule has 0 radical (unpaired) electrons. The molecule has 0 fully saturated rings. The van der Waals surface area contributed by atoms with Crippen LogP contribution in [0, 0.1) is 0 Å². The molecule has 0 aliphatic heterocycles. The van der Waals surface area contributed by atoms with Gasteiger partial charge in [-0.3, -0.25) is 67.5 Å². The van der Waals surface area contributed by atoms with Crippen LogP contribution < -0.4 is 121 Å². The Bertz CT molecular complexity index is 3420. The highest BCUT2D eigenvalue weighted by molar-refractivity contribution is 7.81. The maximum atomic E-state index is 14.3. The monoisotopic (exact) mass is 1560 g/mol. The molecular weight excluding hydrogens is 1460 g/mol.